The lowest BCUT2D eigenvalue weighted by Gasteiger charge is -1.87. The Morgan fingerprint density at radius 1 is 1.64 bits per heavy atom. The van der Waals surface area contributed by atoms with Crippen LogP contribution in [0.5, 0.6) is 0 Å². The fourth-order valence-electron chi connectivity index (χ4n) is 1.22. The smallest absolute Gasteiger partial charge is 0.185 e. The van der Waals surface area contributed by atoms with Crippen LogP contribution in [0.2, 0.25) is 0 Å². The Hall–Kier alpha value is -1.05. The molecule has 0 aliphatic heterocycles. The Balaban J connectivity index is 2.05. The molecule has 0 unspecified atom stereocenters. The van der Waals surface area contributed by atoms with Crippen LogP contribution in [0.25, 0.3) is 0 Å². The van der Waals surface area contributed by atoms with Crippen molar-refractivity contribution >= 4 is 6.29 Å². The van der Waals surface area contributed by atoms with Crippen molar-refractivity contribution in [2.45, 2.75) is 19.3 Å². The first kappa shape index (κ1) is 6.65. The lowest BCUT2D eigenvalue weighted by Crippen LogP contribution is -1.81. The molecule has 1 aliphatic carbocycles. The van der Waals surface area contributed by atoms with Crippen LogP contribution in [0, 0.1) is 5.92 Å². The lowest BCUT2D eigenvalue weighted by molar-refractivity contribution is 0.110. The minimum absolute atomic E-state index is 0.445. The Kier molecular flexibility index (Phi) is 1.53. The van der Waals surface area contributed by atoms with E-state index in [0.717, 1.165) is 24.2 Å². The Morgan fingerprint density at radius 2 is 2.45 bits per heavy atom. The zero-order chi connectivity index (χ0) is 7.68. The Morgan fingerprint density at radius 3 is 3.00 bits per heavy atom. The maximum atomic E-state index is 10.2. The van der Waals surface area contributed by atoms with Crippen LogP contribution < -0.4 is 0 Å². The molecular weight excluding hydrogens is 140 g/mol. The highest BCUT2D eigenvalue weighted by Gasteiger charge is 2.22. The highest BCUT2D eigenvalue weighted by Crippen LogP contribution is 2.32. The van der Waals surface area contributed by atoms with Crippen LogP contribution in [0.3, 0.4) is 0 Å². The predicted molar refractivity (Wildman–Crippen MR) is 40.5 cm³/mol. The van der Waals surface area contributed by atoms with Crippen molar-refractivity contribution in [2.75, 3.05) is 0 Å². The van der Waals surface area contributed by atoms with Gasteiger partial charge in [-0.25, -0.2) is 0 Å². The first-order valence-electron chi connectivity index (χ1n) is 3.91. The van der Waals surface area contributed by atoms with Crippen LogP contribution in [0.15, 0.2) is 16.7 Å². The van der Waals surface area contributed by atoms with E-state index >= 15 is 0 Å². The van der Waals surface area contributed by atoms with Crippen LogP contribution in [0.4, 0.5) is 0 Å². The van der Waals surface area contributed by atoms with Gasteiger partial charge in [0.15, 0.2) is 12.0 Å². The number of furan rings is 1. The van der Waals surface area contributed by atoms with E-state index < -0.39 is 0 Å². The molecule has 1 heterocycles. The molecule has 58 valence electrons. The van der Waals surface area contributed by atoms with Gasteiger partial charge in [-0.1, -0.05) is 0 Å². The minimum atomic E-state index is 0.445. The third-order valence-electron chi connectivity index (χ3n) is 2.01. The normalized spacial score (nSPS) is 16.7. The fraction of sp³-hybridized carbons (Fsp3) is 0.444. The van der Waals surface area contributed by atoms with Gasteiger partial charge in [-0.05, 0) is 36.8 Å². The van der Waals surface area contributed by atoms with Gasteiger partial charge in [-0.15, -0.1) is 0 Å². The number of rotatable bonds is 3. The van der Waals surface area contributed by atoms with E-state index in [1.807, 2.05) is 6.07 Å². The van der Waals surface area contributed by atoms with Crippen molar-refractivity contribution in [1.82, 2.24) is 0 Å². The SMILES string of the molecule is O=Cc1cc(CC2CC2)co1. The Bertz CT molecular complexity index is 258. The van der Waals surface area contributed by atoms with Gasteiger partial charge < -0.3 is 4.42 Å². The van der Waals surface area contributed by atoms with E-state index in [1.54, 1.807) is 6.26 Å². The summed E-state index contributed by atoms with van der Waals surface area (Å²) in [5.41, 5.74) is 1.16. The molecular formula is C9H10O2. The molecule has 0 aromatic carbocycles. The van der Waals surface area contributed by atoms with E-state index in [1.165, 1.54) is 12.8 Å². The van der Waals surface area contributed by atoms with Gasteiger partial charge in [-0.2, -0.15) is 0 Å². The summed E-state index contributed by atoms with van der Waals surface area (Å²) < 4.78 is 4.97. The molecule has 1 aromatic heterocycles. The Labute approximate surface area is 65.2 Å². The van der Waals surface area contributed by atoms with Gasteiger partial charge in [0, 0.05) is 0 Å². The third-order valence-corrected chi connectivity index (χ3v) is 2.01. The van der Waals surface area contributed by atoms with Crippen molar-refractivity contribution in [3.05, 3.63) is 23.7 Å². The van der Waals surface area contributed by atoms with Crippen LogP contribution in [0.1, 0.15) is 29.0 Å². The number of hydrogen-bond acceptors (Lipinski definition) is 2. The fourth-order valence-corrected chi connectivity index (χ4v) is 1.22. The van der Waals surface area contributed by atoms with E-state index in [-0.39, 0.29) is 0 Å². The predicted octanol–water partition coefficient (Wildman–Crippen LogP) is 2.04. The molecule has 2 nitrogen and oxygen atoms in total. The molecule has 1 aliphatic rings. The summed E-state index contributed by atoms with van der Waals surface area (Å²) in [7, 11) is 0. The first-order chi connectivity index (χ1) is 5.38. The molecule has 0 saturated heterocycles. The van der Waals surface area contributed by atoms with E-state index in [4.69, 9.17) is 4.42 Å². The maximum Gasteiger partial charge on any atom is 0.185 e. The molecule has 1 saturated carbocycles. The van der Waals surface area contributed by atoms with Crippen LogP contribution >= 0.6 is 0 Å². The van der Waals surface area contributed by atoms with Crippen LogP contribution in [-0.2, 0) is 6.42 Å². The van der Waals surface area contributed by atoms with E-state index in [0.29, 0.717) is 5.76 Å². The second kappa shape index (κ2) is 2.53. The van der Waals surface area contributed by atoms with Gasteiger partial charge in [0.2, 0.25) is 0 Å². The zero-order valence-electron chi connectivity index (χ0n) is 6.25. The zero-order valence-corrected chi connectivity index (χ0v) is 6.25. The summed E-state index contributed by atoms with van der Waals surface area (Å²) in [5, 5.41) is 0. The largest absolute Gasteiger partial charge is 0.461 e. The maximum absolute atomic E-state index is 10.2. The summed E-state index contributed by atoms with van der Waals surface area (Å²) in [5.74, 6) is 1.30. The second-order valence-corrected chi connectivity index (χ2v) is 3.12. The monoisotopic (exact) mass is 150 g/mol. The minimum Gasteiger partial charge on any atom is -0.461 e. The van der Waals surface area contributed by atoms with Gasteiger partial charge in [0.25, 0.3) is 0 Å². The van der Waals surface area contributed by atoms with Crippen molar-refractivity contribution in [1.29, 1.82) is 0 Å². The number of carbonyl (C=O) groups is 1. The molecule has 0 bridgehead atoms. The lowest BCUT2D eigenvalue weighted by atomic mass is 10.2. The van der Waals surface area contributed by atoms with E-state index in [9.17, 15) is 4.79 Å². The summed E-state index contributed by atoms with van der Waals surface area (Å²) in [6.07, 6.45) is 6.18. The molecule has 0 spiro atoms. The molecule has 0 radical (unpaired) electrons. The second-order valence-electron chi connectivity index (χ2n) is 3.12. The molecule has 1 fully saturated rings. The topological polar surface area (TPSA) is 30.2 Å². The van der Waals surface area contributed by atoms with Gasteiger partial charge in [-0.3, -0.25) is 4.79 Å². The summed E-state index contributed by atoms with van der Waals surface area (Å²) in [4.78, 5) is 10.2. The number of aldehydes is 1. The highest BCUT2D eigenvalue weighted by atomic mass is 16.3. The van der Waals surface area contributed by atoms with Crippen LogP contribution in [-0.4, -0.2) is 6.29 Å². The summed E-state index contributed by atoms with van der Waals surface area (Å²) >= 11 is 0. The molecule has 2 rings (SSSR count). The molecule has 11 heavy (non-hydrogen) atoms. The van der Waals surface area contributed by atoms with Crippen molar-refractivity contribution in [3.8, 4) is 0 Å². The van der Waals surface area contributed by atoms with Crippen molar-refractivity contribution in [2.24, 2.45) is 5.92 Å². The standard InChI is InChI=1S/C9H10O2/c10-5-9-4-8(6-11-9)3-7-1-2-7/h4-7H,1-3H2. The summed E-state index contributed by atoms with van der Waals surface area (Å²) in [6, 6.07) is 1.82. The molecule has 2 heteroatoms. The first-order valence-corrected chi connectivity index (χ1v) is 3.91. The third kappa shape index (κ3) is 1.50. The average Bonchev–Trinajstić information content (AvgIpc) is 2.68. The van der Waals surface area contributed by atoms with Crippen molar-refractivity contribution in [3.63, 3.8) is 0 Å². The van der Waals surface area contributed by atoms with Gasteiger partial charge in [0.05, 0.1) is 6.26 Å². The van der Waals surface area contributed by atoms with Gasteiger partial charge >= 0.3 is 0 Å². The molecule has 1 aromatic rings. The number of carbonyl (C=O) groups excluding carboxylic acids is 1. The average molecular weight is 150 g/mol. The van der Waals surface area contributed by atoms with E-state index in [2.05, 4.69) is 0 Å². The van der Waals surface area contributed by atoms with Gasteiger partial charge in [0.1, 0.15) is 0 Å². The molecule has 0 N–H and O–H groups in total. The number of hydrogen-bond donors (Lipinski definition) is 0. The highest BCUT2D eigenvalue weighted by molar-refractivity contribution is 5.70. The summed E-state index contributed by atoms with van der Waals surface area (Å²) in [6.45, 7) is 0. The molecule has 0 atom stereocenters. The molecule has 0 amide bonds. The van der Waals surface area contributed by atoms with Crippen molar-refractivity contribution < 1.29 is 9.21 Å². The quantitative estimate of drug-likeness (QED) is 0.617.